The van der Waals surface area contributed by atoms with Gasteiger partial charge in [0.15, 0.2) is 0 Å². The SMILES string of the molecule is CNCc1c(C)nn(C)c1N1CCN2CCCCC2C1. The summed E-state index contributed by atoms with van der Waals surface area (Å²) in [5.41, 5.74) is 2.52. The largest absolute Gasteiger partial charge is 0.354 e. The Morgan fingerprint density at radius 2 is 2.10 bits per heavy atom. The van der Waals surface area contributed by atoms with Crippen LogP contribution < -0.4 is 10.2 Å². The third-order valence-corrected chi connectivity index (χ3v) is 4.80. The van der Waals surface area contributed by atoms with Crippen molar-refractivity contribution in [2.45, 2.75) is 38.8 Å². The Bertz CT molecular complexity index is 467. The fraction of sp³-hybridized carbons (Fsp3) is 0.800. The standard InChI is InChI=1S/C15H27N5/c1-12-14(10-16-2)15(18(3)17-12)20-9-8-19-7-5-4-6-13(19)11-20/h13,16H,4-11H2,1-3H3. The zero-order valence-electron chi connectivity index (χ0n) is 13.0. The van der Waals surface area contributed by atoms with Crippen LogP contribution in [0.15, 0.2) is 0 Å². The summed E-state index contributed by atoms with van der Waals surface area (Å²) in [5, 5.41) is 7.91. The van der Waals surface area contributed by atoms with Crippen LogP contribution in [-0.4, -0.2) is 53.9 Å². The third-order valence-electron chi connectivity index (χ3n) is 4.80. The van der Waals surface area contributed by atoms with Gasteiger partial charge in [0.25, 0.3) is 0 Å². The van der Waals surface area contributed by atoms with E-state index < -0.39 is 0 Å². The van der Waals surface area contributed by atoms with Crippen molar-refractivity contribution in [3.63, 3.8) is 0 Å². The molecule has 1 aromatic heterocycles. The number of nitrogens with zero attached hydrogens (tertiary/aromatic N) is 4. The summed E-state index contributed by atoms with van der Waals surface area (Å²) in [4.78, 5) is 5.24. The second kappa shape index (κ2) is 5.74. The lowest BCUT2D eigenvalue weighted by Gasteiger charge is -2.45. The molecule has 2 aliphatic heterocycles. The van der Waals surface area contributed by atoms with Crippen LogP contribution in [0.2, 0.25) is 0 Å². The van der Waals surface area contributed by atoms with Crippen LogP contribution in [0.1, 0.15) is 30.5 Å². The van der Waals surface area contributed by atoms with Gasteiger partial charge in [0.2, 0.25) is 0 Å². The first-order valence-corrected chi connectivity index (χ1v) is 7.86. The van der Waals surface area contributed by atoms with Crippen LogP contribution in [0, 0.1) is 6.92 Å². The fourth-order valence-electron chi connectivity index (χ4n) is 3.82. The minimum atomic E-state index is 0.746. The Balaban J connectivity index is 1.82. The fourth-order valence-corrected chi connectivity index (χ4v) is 3.82. The van der Waals surface area contributed by atoms with Crippen LogP contribution in [0.4, 0.5) is 5.82 Å². The van der Waals surface area contributed by atoms with Gasteiger partial charge in [0, 0.05) is 44.8 Å². The highest BCUT2D eigenvalue weighted by molar-refractivity contribution is 5.51. The number of hydrogen-bond donors (Lipinski definition) is 1. The van der Waals surface area contributed by atoms with Crippen molar-refractivity contribution in [3.8, 4) is 0 Å². The molecule has 0 amide bonds. The lowest BCUT2D eigenvalue weighted by atomic mass is 9.99. The van der Waals surface area contributed by atoms with Gasteiger partial charge in [-0.15, -0.1) is 0 Å². The highest BCUT2D eigenvalue weighted by Crippen LogP contribution is 2.28. The van der Waals surface area contributed by atoms with Crippen molar-refractivity contribution >= 4 is 5.82 Å². The molecule has 2 saturated heterocycles. The minimum Gasteiger partial charge on any atom is -0.354 e. The van der Waals surface area contributed by atoms with E-state index in [1.807, 2.05) is 7.05 Å². The first kappa shape index (κ1) is 13.9. The smallest absolute Gasteiger partial charge is 0.131 e. The molecule has 0 aliphatic carbocycles. The van der Waals surface area contributed by atoms with E-state index in [0.717, 1.165) is 31.4 Å². The van der Waals surface area contributed by atoms with Crippen LogP contribution in [-0.2, 0) is 13.6 Å². The average molecular weight is 277 g/mol. The van der Waals surface area contributed by atoms with E-state index in [2.05, 4.69) is 38.9 Å². The second-order valence-electron chi connectivity index (χ2n) is 6.17. The highest BCUT2D eigenvalue weighted by atomic mass is 15.4. The summed E-state index contributed by atoms with van der Waals surface area (Å²) in [6.07, 6.45) is 4.13. The van der Waals surface area contributed by atoms with Gasteiger partial charge in [-0.25, -0.2) is 0 Å². The van der Waals surface area contributed by atoms with Crippen LogP contribution in [0.5, 0.6) is 0 Å². The zero-order chi connectivity index (χ0) is 14.1. The van der Waals surface area contributed by atoms with E-state index >= 15 is 0 Å². The van der Waals surface area contributed by atoms with Gasteiger partial charge < -0.3 is 10.2 Å². The first-order valence-electron chi connectivity index (χ1n) is 7.86. The Labute approximate surface area is 121 Å². The summed E-state index contributed by atoms with van der Waals surface area (Å²) in [5.74, 6) is 1.32. The van der Waals surface area contributed by atoms with E-state index in [1.54, 1.807) is 0 Å². The summed E-state index contributed by atoms with van der Waals surface area (Å²) >= 11 is 0. The van der Waals surface area contributed by atoms with Crippen LogP contribution in [0.25, 0.3) is 0 Å². The molecule has 0 radical (unpaired) electrons. The van der Waals surface area contributed by atoms with Crippen molar-refractivity contribution in [2.24, 2.45) is 7.05 Å². The second-order valence-corrected chi connectivity index (χ2v) is 6.17. The van der Waals surface area contributed by atoms with E-state index in [0.29, 0.717) is 0 Å². The van der Waals surface area contributed by atoms with E-state index in [9.17, 15) is 0 Å². The molecule has 0 aromatic carbocycles. The van der Waals surface area contributed by atoms with Crippen molar-refractivity contribution in [1.29, 1.82) is 0 Å². The van der Waals surface area contributed by atoms with Crippen LogP contribution in [0.3, 0.4) is 0 Å². The summed E-state index contributed by atoms with van der Waals surface area (Å²) in [6.45, 7) is 7.81. The van der Waals surface area contributed by atoms with E-state index in [4.69, 9.17) is 0 Å². The average Bonchev–Trinajstić information content (AvgIpc) is 2.73. The molecule has 1 N–H and O–H groups in total. The number of rotatable bonds is 3. The number of piperidine rings is 1. The quantitative estimate of drug-likeness (QED) is 0.898. The minimum absolute atomic E-state index is 0.746. The lowest BCUT2D eigenvalue weighted by molar-refractivity contribution is 0.132. The maximum atomic E-state index is 4.63. The molecule has 2 fully saturated rings. The molecule has 5 heteroatoms. The van der Waals surface area contributed by atoms with Gasteiger partial charge in [0.05, 0.1) is 5.69 Å². The molecule has 112 valence electrons. The number of anilines is 1. The summed E-state index contributed by atoms with van der Waals surface area (Å²) in [6, 6.07) is 0.746. The molecule has 0 bridgehead atoms. The molecule has 3 rings (SSSR count). The molecular weight excluding hydrogens is 250 g/mol. The van der Waals surface area contributed by atoms with Gasteiger partial charge in [-0.3, -0.25) is 9.58 Å². The maximum absolute atomic E-state index is 4.63. The summed E-state index contributed by atoms with van der Waals surface area (Å²) in [7, 11) is 4.09. The molecule has 1 unspecified atom stereocenters. The monoisotopic (exact) mass is 277 g/mol. The molecule has 0 saturated carbocycles. The number of aromatic nitrogens is 2. The van der Waals surface area contributed by atoms with Crippen molar-refractivity contribution < 1.29 is 0 Å². The molecule has 1 atom stereocenters. The molecular formula is C15H27N5. The summed E-state index contributed by atoms with van der Waals surface area (Å²) < 4.78 is 2.07. The van der Waals surface area contributed by atoms with Gasteiger partial charge in [-0.2, -0.15) is 5.10 Å². The van der Waals surface area contributed by atoms with Gasteiger partial charge in [0.1, 0.15) is 5.82 Å². The Morgan fingerprint density at radius 1 is 1.25 bits per heavy atom. The van der Waals surface area contributed by atoms with E-state index in [-0.39, 0.29) is 0 Å². The van der Waals surface area contributed by atoms with Crippen molar-refractivity contribution in [1.82, 2.24) is 20.0 Å². The lowest BCUT2D eigenvalue weighted by Crippen LogP contribution is -2.55. The Hall–Kier alpha value is -1.07. The maximum Gasteiger partial charge on any atom is 0.131 e. The molecule has 1 aromatic rings. The topological polar surface area (TPSA) is 36.3 Å². The molecule has 2 aliphatic rings. The predicted molar refractivity (Wildman–Crippen MR) is 82.1 cm³/mol. The number of nitrogens with one attached hydrogen (secondary N) is 1. The zero-order valence-corrected chi connectivity index (χ0v) is 13.0. The van der Waals surface area contributed by atoms with E-state index in [1.165, 1.54) is 43.7 Å². The van der Waals surface area contributed by atoms with Gasteiger partial charge in [-0.1, -0.05) is 6.42 Å². The molecule has 0 spiro atoms. The normalized spacial score (nSPS) is 23.9. The highest BCUT2D eigenvalue weighted by Gasteiger charge is 2.31. The van der Waals surface area contributed by atoms with Gasteiger partial charge in [-0.05, 0) is 33.4 Å². The number of hydrogen-bond acceptors (Lipinski definition) is 4. The number of piperazine rings is 1. The van der Waals surface area contributed by atoms with Crippen LogP contribution >= 0.6 is 0 Å². The van der Waals surface area contributed by atoms with Gasteiger partial charge >= 0.3 is 0 Å². The predicted octanol–water partition coefficient (Wildman–Crippen LogP) is 1.12. The number of aryl methyl sites for hydroxylation is 2. The third kappa shape index (κ3) is 2.44. The molecule has 5 nitrogen and oxygen atoms in total. The van der Waals surface area contributed by atoms with Crippen molar-refractivity contribution in [2.75, 3.05) is 38.1 Å². The Kier molecular flexibility index (Phi) is 3.98. The first-order chi connectivity index (χ1) is 9.70. The molecule has 3 heterocycles. The van der Waals surface area contributed by atoms with Crippen molar-refractivity contribution in [3.05, 3.63) is 11.3 Å². The number of fused-ring (bicyclic) bond motifs is 1. The molecule has 20 heavy (non-hydrogen) atoms. The Morgan fingerprint density at radius 3 is 2.90 bits per heavy atom.